The predicted octanol–water partition coefficient (Wildman–Crippen LogP) is 3.93. The van der Waals surface area contributed by atoms with Crippen molar-refractivity contribution >= 4 is 11.0 Å². The molecule has 0 aliphatic heterocycles. The van der Waals surface area contributed by atoms with Crippen LogP contribution in [0.1, 0.15) is 28.9 Å². The van der Waals surface area contributed by atoms with Crippen LogP contribution in [0.25, 0.3) is 11.0 Å². The Morgan fingerprint density at radius 2 is 1.88 bits per heavy atom. The first kappa shape index (κ1) is 17.5. The molecule has 0 radical (unpaired) electrons. The highest BCUT2D eigenvalue weighted by Gasteiger charge is 2.11. The highest BCUT2D eigenvalue weighted by Crippen LogP contribution is 2.22. The number of benzene rings is 2. The Morgan fingerprint density at radius 3 is 2.64 bits per heavy atom. The highest BCUT2D eigenvalue weighted by molar-refractivity contribution is 5.78. The van der Waals surface area contributed by atoms with Crippen molar-refractivity contribution in [1.82, 2.24) is 9.55 Å². The van der Waals surface area contributed by atoms with Gasteiger partial charge in [0.05, 0.1) is 17.6 Å². The van der Waals surface area contributed by atoms with Gasteiger partial charge in [0.25, 0.3) is 0 Å². The summed E-state index contributed by atoms with van der Waals surface area (Å²) in [7, 11) is 0. The maximum absolute atomic E-state index is 5.88. The molecule has 0 fully saturated rings. The predicted molar refractivity (Wildman–Crippen MR) is 103 cm³/mol. The lowest BCUT2D eigenvalue weighted by molar-refractivity contribution is 0.301. The van der Waals surface area contributed by atoms with E-state index in [2.05, 4.69) is 49.6 Å². The summed E-state index contributed by atoms with van der Waals surface area (Å²) < 4.78 is 8.18. The summed E-state index contributed by atoms with van der Waals surface area (Å²) >= 11 is 0. The van der Waals surface area contributed by atoms with Gasteiger partial charge in [-0.2, -0.15) is 0 Å². The SMILES string of the molecule is Cc1cccc(OCCCn2c(CCN)nc3cc(C)c(C)cc32)c1. The molecular formula is C21H27N3O. The normalized spacial score (nSPS) is 11.2. The second kappa shape index (κ2) is 7.70. The Bertz CT molecular complexity index is 867. The van der Waals surface area contributed by atoms with Crippen LogP contribution in [-0.4, -0.2) is 22.7 Å². The Labute approximate surface area is 149 Å². The minimum atomic E-state index is 0.612. The number of aryl methyl sites for hydroxylation is 4. The molecule has 25 heavy (non-hydrogen) atoms. The Balaban J connectivity index is 1.73. The fraction of sp³-hybridized carbons (Fsp3) is 0.381. The number of ether oxygens (including phenoxy) is 1. The first-order chi connectivity index (χ1) is 12.1. The molecule has 3 aromatic rings. The molecule has 4 nitrogen and oxygen atoms in total. The molecule has 1 heterocycles. The number of hydrogen-bond acceptors (Lipinski definition) is 3. The van der Waals surface area contributed by atoms with E-state index in [0.717, 1.165) is 36.5 Å². The third-order valence-corrected chi connectivity index (χ3v) is 4.60. The summed E-state index contributed by atoms with van der Waals surface area (Å²) in [6, 6.07) is 12.6. The van der Waals surface area contributed by atoms with E-state index < -0.39 is 0 Å². The van der Waals surface area contributed by atoms with E-state index in [0.29, 0.717) is 13.2 Å². The average Bonchev–Trinajstić information content (AvgIpc) is 2.89. The van der Waals surface area contributed by atoms with Gasteiger partial charge in [-0.3, -0.25) is 0 Å². The fourth-order valence-electron chi connectivity index (χ4n) is 3.12. The molecular weight excluding hydrogens is 310 g/mol. The van der Waals surface area contributed by atoms with Crippen LogP contribution in [0.2, 0.25) is 0 Å². The molecule has 0 unspecified atom stereocenters. The lowest BCUT2D eigenvalue weighted by Gasteiger charge is -2.11. The Morgan fingerprint density at radius 1 is 1.08 bits per heavy atom. The smallest absolute Gasteiger partial charge is 0.119 e. The zero-order chi connectivity index (χ0) is 17.8. The minimum absolute atomic E-state index is 0.612. The average molecular weight is 337 g/mol. The van der Waals surface area contributed by atoms with Crippen molar-refractivity contribution in [3.63, 3.8) is 0 Å². The molecule has 0 aliphatic rings. The van der Waals surface area contributed by atoms with E-state index >= 15 is 0 Å². The first-order valence-corrected chi connectivity index (χ1v) is 8.94. The van der Waals surface area contributed by atoms with Crippen molar-refractivity contribution < 1.29 is 4.74 Å². The molecule has 0 atom stereocenters. The number of fused-ring (bicyclic) bond motifs is 1. The monoisotopic (exact) mass is 337 g/mol. The third kappa shape index (κ3) is 4.02. The summed E-state index contributed by atoms with van der Waals surface area (Å²) in [5.41, 5.74) is 11.8. The molecule has 132 valence electrons. The van der Waals surface area contributed by atoms with E-state index in [-0.39, 0.29) is 0 Å². The molecule has 0 saturated heterocycles. The van der Waals surface area contributed by atoms with Crippen molar-refractivity contribution in [1.29, 1.82) is 0 Å². The summed E-state index contributed by atoms with van der Waals surface area (Å²) in [6.45, 7) is 8.55. The van der Waals surface area contributed by atoms with Crippen LogP contribution in [0.15, 0.2) is 36.4 Å². The number of nitrogens with zero attached hydrogens (tertiary/aromatic N) is 2. The highest BCUT2D eigenvalue weighted by atomic mass is 16.5. The van der Waals surface area contributed by atoms with Crippen LogP contribution >= 0.6 is 0 Å². The third-order valence-electron chi connectivity index (χ3n) is 4.60. The van der Waals surface area contributed by atoms with Gasteiger partial charge in [0, 0.05) is 13.0 Å². The molecule has 2 N–H and O–H groups in total. The molecule has 0 bridgehead atoms. The standard InChI is InChI=1S/C21H27N3O/c1-15-6-4-7-18(12-15)25-11-5-10-24-20-14-17(3)16(2)13-19(20)23-21(24)8-9-22/h4,6-7,12-14H,5,8-11,22H2,1-3H3. The zero-order valence-electron chi connectivity index (χ0n) is 15.4. The molecule has 0 aliphatic carbocycles. The molecule has 2 aromatic carbocycles. The van der Waals surface area contributed by atoms with Crippen molar-refractivity contribution in [2.75, 3.05) is 13.2 Å². The van der Waals surface area contributed by atoms with Crippen molar-refractivity contribution in [2.45, 2.75) is 40.2 Å². The van der Waals surface area contributed by atoms with Gasteiger partial charge >= 0.3 is 0 Å². The van der Waals surface area contributed by atoms with Crippen molar-refractivity contribution in [3.8, 4) is 5.75 Å². The number of nitrogens with two attached hydrogens (primary N) is 1. The van der Waals surface area contributed by atoms with Gasteiger partial charge in [-0.05, 0) is 74.7 Å². The number of imidazole rings is 1. The second-order valence-electron chi connectivity index (χ2n) is 6.66. The second-order valence-corrected chi connectivity index (χ2v) is 6.66. The molecule has 1 aromatic heterocycles. The number of rotatable bonds is 7. The summed E-state index contributed by atoms with van der Waals surface area (Å²) in [5.74, 6) is 2.00. The summed E-state index contributed by atoms with van der Waals surface area (Å²) in [4.78, 5) is 4.79. The van der Waals surface area contributed by atoms with Crippen LogP contribution < -0.4 is 10.5 Å². The van der Waals surface area contributed by atoms with Crippen molar-refractivity contribution in [3.05, 3.63) is 58.9 Å². The Hall–Kier alpha value is -2.33. The topological polar surface area (TPSA) is 53.1 Å². The van der Waals surface area contributed by atoms with E-state index in [9.17, 15) is 0 Å². The zero-order valence-corrected chi connectivity index (χ0v) is 15.4. The van der Waals surface area contributed by atoms with Gasteiger partial charge in [-0.15, -0.1) is 0 Å². The fourth-order valence-corrected chi connectivity index (χ4v) is 3.12. The van der Waals surface area contributed by atoms with Gasteiger partial charge in [0.2, 0.25) is 0 Å². The number of aromatic nitrogens is 2. The van der Waals surface area contributed by atoms with Crippen LogP contribution in [0.3, 0.4) is 0 Å². The van der Waals surface area contributed by atoms with Crippen LogP contribution in [0.5, 0.6) is 5.75 Å². The van der Waals surface area contributed by atoms with E-state index in [4.69, 9.17) is 15.5 Å². The molecule has 0 amide bonds. The van der Waals surface area contributed by atoms with Gasteiger partial charge in [0.1, 0.15) is 11.6 Å². The lowest BCUT2D eigenvalue weighted by atomic mass is 10.1. The van der Waals surface area contributed by atoms with Gasteiger partial charge in [-0.25, -0.2) is 4.98 Å². The molecule has 4 heteroatoms. The lowest BCUT2D eigenvalue weighted by Crippen LogP contribution is -2.12. The van der Waals surface area contributed by atoms with Gasteiger partial charge < -0.3 is 15.0 Å². The Kier molecular flexibility index (Phi) is 5.39. The van der Waals surface area contributed by atoms with Crippen molar-refractivity contribution in [2.24, 2.45) is 5.73 Å². The number of hydrogen-bond donors (Lipinski definition) is 1. The van der Waals surface area contributed by atoms with E-state index in [1.165, 1.54) is 22.2 Å². The van der Waals surface area contributed by atoms with E-state index in [1.807, 2.05) is 12.1 Å². The minimum Gasteiger partial charge on any atom is -0.494 e. The molecule has 0 saturated carbocycles. The molecule has 3 rings (SSSR count). The quantitative estimate of drug-likeness (QED) is 0.665. The molecule has 0 spiro atoms. The van der Waals surface area contributed by atoms with E-state index in [1.54, 1.807) is 0 Å². The first-order valence-electron chi connectivity index (χ1n) is 8.94. The summed E-state index contributed by atoms with van der Waals surface area (Å²) in [5, 5.41) is 0. The van der Waals surface area contributed by atoms with Crippen LogP contribution in [0, 0.1) is 20.8 Å². The maximum Gasteiger partial charge on any atom is 0.119 e. The maximum atomic E-state index is 5.88. The van der Waals surface area contributed by atoms with Gasteiger partial charge in [-0.1, -0.05) is 12.1 Å². The summed E-state index contributed by atoms with van der Waals surface area (Å²) in [6.07, 6.45) is 1.73. The van der Waals surface area contributed by atoms with Crippen LogP contribution in [-0.2, 0) is 13.0 Å². The largest absolute Gasteiger partial charge is 0.494 e. The van der Waals surface area contributed by atoms with Crippen LogP contribution in [0.4, 0.5) is 0 Å². The van der Waals surface area contributed by atoms with Gasteiger partial charge in [0.15, 0.2) is 0 Å².